The van der Waals surface area contributed by atoms with Crippen LogP contribution < -0.4 is 5.32 Å². The lowest BCUT2D eigenvalue weighted by Gasteiger charge is -2.31. The van der Waals surface area contributed by atoms with Crippen molar-refractivity contribution >= 4 is 45.4 Å². The normalized spacial score (nSPS) is 14.5. The third-order valence-corrected chi connectivity index (χ3v) is 7.14. The Morgan fingerprint density at radius 3 is 2.65 bits per heavy atom. The fourth-order valence-electron chi connectivity index (χ4n) is 3.66. The molecule has 4 heterocycles. The lowest BCUT2D eigenvalue weighted by molar-refractivity contribution is 0.111. The fourth-order valence-corrected chi connectivity index (χ4v) is 5.32. The highest BCUT2D eigenvalue weighted by Crippen LogP contribution is 2.33. The van der Waals surface area contributed by atoms with Gasteiger partial charge in [0.2, 0.25) is 0 Å². The molecule has 0 radical (unpaired) electrons. The highest BCUT2D eigenvalue weighted by molar-refractivity contribution is 7.16. The molecule has 0 atom stereocenters. The first kappa shape index (κ1) is 21.4. The van der Waals surface area contributed by atoms with Gasteiger partial charge in [-0.05, 0) is 38.8 Å². The zero-order chi connectivity index (χ0) is 22.0. The van der Waals surface area contributed by atoms with Gasteiger partial charge in [-0.15, -0.1) is 22.7 Å². The second-order valence-corrected chi connectivity index (χ2v) is 9.45. The highest BCUT2D eigenvalue weighted by atomic mass is 32.1. The summed E-state index contributed by atoms with van der Waals surface area (Å²) in [4.78, 5) is 28.0. The summed E-state index contributed by atoms with van der Waals surface area (Å²) in [7, 11) is 1.39. The smallest absolute Gasteiger partial charge is 0.409 e. The first-order valence-electron chi connectivity index (χ1n) is 9.99. The molecule has 0 aliphatic carbocycles. The molecule has 0 spiro atoms. The molecule has 10 heteroatoms. The number of carbonyl (C=O) groups is 1. The van der Waals surface area contributed by atoms with Gasteiger partial charge < -0.3 is 20.4 Å². The molecule has 1 aliphatic heterocycles. The highest BCUT2D eigenvalue weighted by Gasteiger charge is 2.26. The van der Waals surface area contributed by atoms with Crippen LogP contribution in [0.2, 0.25) is 0 Å². The topological polar surface area (TPSA) is 104 Å². The lowest BCUT2D eigenvalue weighted by atomic mass is 9.89. The Kier molecular flexibility index (Phi) is 6.28. The molecular formula is C21H24N6O2S2. The Morgan fingerprint density at radius 1 is 1.26 bits per heavy atom. The van der Waals surface area contributed by atoms with Crippen molar-refractivity contribution < 1.29 is 9.53 Å². The minimum atomic E-state index is -0.298. The predicted octanol–water partition coefficient (Wildman–Crippen LogP) is 4.87. The third-order valence-electron chi connectivity index (χ3n) is 5.29. The SMILES string of the molecule is COC(=O)N1CCC(C(=N)c2ccc(Nc3nc(-c4sc(C)nc4C)cs3)nc2)CC1. The molecule has 4 rings (SSSR count). The van der Waals surface area contributed by atoms with Gasteiger partial charge in [0.1, 0.15) is 5.82 Å². The molecule has 31 heavy (non-hydrogen) atoms. The Morgan fingerprint density at radius 2 is 2.03 bits per heavy atom. The molecule has 0 unspecified atom stereocenters. The molecule has 162 valence electrons. The number of nitrogens with zero attached hydrogens (tertiary/aromatic N) is 4. The summed E-state index contributed by atoms with van der Waals surface area (Å²) in [5.41, 5.74) is 3.29. The number of rotatable bonds is 5. The summed E-state index contributed by atoms with van der Waals surface area (Å²) in [5, 5.41) is 15.6. The number of ether oxygens (including phenoxy) is 1. The van der Waals surface area contributed by atoms with Gasteiger partial charge in [-0.2, -0.15) is 0 Å². The number of hydrogen-bond acceptors (Lipinski definition) is 9. The van der Waals surface area contributed by atoms with E-state index >= 15 is 0 Å². The predicted molar refractivity (Wildman–Crippen MR) is 124 cm³/mol. The molecule has 0 aromatic carbocycles. The van der Waals surface area contributed by atoms with Crippen molar-refractivity contribution in [2.45, 2.75) is 26.7 Å². The average molecular weight is 457 g/mol. The monoisotopic (exact) mass is 456 g/mol. The van der Waals surface area contributed by atoms with E-state index in [4.69, 9.17) is 10.1 Å². The summed E-state index contributed by atoms with van der Waals surface area (Å²) in [6.45, 7) is 5.22. The van der Waals surface area contributed by atoms with Gasteiger partial charge in [0.25, 0.3) is 0 Å². The van der Waals surface area contributed by atoms with E-state index in [1.165, 1.54) is 18.4 Å². The van der Waals surface area contributed by atoms with Crippen LogP contribution in [-0.4, -0.2) is 51.9 Å². The minimum absolute atomic E-state index is 0.120. The number of pyridine rings is 1. The van der Waals surface area contributed by atoms with E-state index in [1.807, 2.05) is 31.4 Å². The van der Waals surface area contributed by atoms with Crippen LogP contribution in [0.1, 0.15) is 29.1 Å². The molecule has 3 aromatic heterocycles. The maximum atomic E-state index is 11.6. The average Bonchev–Trinajstić information content (AvgIpc) is 3.38. The number of hydrogen-bond donors (Lipinski definition) is 2. The summed E-state index contributed by atoms with van der Waals surface area (Å²) in [6, 6.07) is 3.78. The minimum Gasteiger partial charge on any atom is -0.453 e. The number of thiazole rings is 2. The molecule has 3 aromatic rings. The Hall–Kier alpha value is -2.85. The van der Waals surface area contributed by atoms with Crippen LogP contribution in [-0.2, 0) is 4.74 Å². The first-order valence-corrected chi connectivity index (χ1v) is 11.7. The van der Waals surface area contributed by atoms with Gasteiger partial charge in [0, 0.05) is 41.9 Å². The molecule has 1 aliphatic rings. The molecule has 1 saturated heterocycles. The molecular weight excluding hydrogens is 432 g/mol. The maximum Gasteiger partial charge on any atom is 0.409 e. The number of piperidine rings is 1. The van der Waals surface area contributed by atoms with Crippen molar-refractivity contribution in [1.29, 1.82) is 5.41 Å². The molecule has 1 fully saturated rings. The van der Waals surface area contributed by atoms with Crippen molar-refractivity contribution in [2.24, 2.45) is 5.92 Å². The van der Waals surface area contributed by atoms with Crippen molar-refractivity contribution in [2.75, 3.05) is 25.5 Å². The molecule has 0 bridgehead atoms. The molecule has 1 amide bonds. The second kappa shape index (κ2) is 9.11. The number of nitrogens with one attached hydrogen (secondary N) is 2. The Bertz CT molecular complexity index is 1080. The number of likely N-dealkylation sites (tertiary alicyclic amines) is 1. The van der Waals surface area contributed by atoms with Crippen LogP contribution in [0.25, 0.3) is 10.6 Å². The van der Waals surface area contributed by atoms with Crippen molar-refractivity contribution in [3.63, 3.8) is 0 Å². The van der Waals surface area contributed by atoms with Crippen molar-refractivity contribution in [1.82, 2.24) is 19.9 Å². The number of carbonyl (C=O) groups excluding carboxylic acids is 1. The molecule has 2 N–H and O–H groups in total. The first-order chi connectivity index (χ1) is 14.9. The lowest BCUT2D eigenvalue weighted by Crippen LogP contribution is -2.40. The van der Waals surface area contributed by atoms with Gasteiger partial charge in [-0.3, -0.25) is 0 Å². The van der Waals surface area contributed by atoms with E-state index in [-0.39, 0.29) is 12.0 Å². The van der Waals surface area contributed by atoms with E-state index < -0.39 is 0 Å². The zero-order valence-electron chi connectivity index (χ0n) is 17.6. The van der Waals surface area contributed by atoms with Gasteiger partial charge >= 0.3 is 6.09 Å². The van der Waals surface area contributed by atoms with E-state index in [0.717, 1.165) is 44.8 Å². The molecule has 0 saturated carbocycles. The Labute approximate surface area is 188 Å². The van der Waals surface area contributed by atoms with Crippen LogP contribution >= 0.6 is 22.7 Å². The summed E-state index contributed by atoms with van der Waals surface area (Å²) in [6.07, 6.45) is 2.94. The fraction of sp³-hybridized carbons (Fsp3) is 0.381. The van der Waals surface area contributed by atoms with Gasteiger partial charge in [-0.1, -0.05) is 0 Å². The number of aryl methyl sites for hydroxylation is 2. The summed E-state index contributed by atoms with van der Waals surface area (Å²) >= 11 is 3.17. The largest absolute Gasteiger partial charge is 0.453 e. The van der Waals surface area contributed by atoms with E-state index in [2.05, 4.69) is 20.3 Å². The van der Waals surface area contributed by atoms with Gasteiger partial charge in [0.15, 0.2) is 5.13 Å². The quantitative estimate of drug-likeness (QED) is 0.531. The van der Waals surface area contributed by atoms with Crippen LogP contribution in [0.4, 0.5) is 15.7 Å². The second-order valence-electron chi connectivity index (χ2n) is 7.39. The Balaban J connectivity index is 1.37. The van der Waals surface area contributed by atoms with Crippen molar-refractivity contribution in [3.8, 4) is 10.6 Å². The number of methoxy groups -OCH3 is 1. The van der Waals surface area contributed by atoms with Gasteiger partial charge in [-0.25, -0.2) is 19.7 Å². The third kappa shape index (κ3) is 4.75. The van der Waals surface area contributed by atoms with Crippen LogP contribution in [0, 0.1) is 25.2 Å². The number of anilines is 2. The van der Waals surface area contributed by atoms with Crippen LogP contribution in [0.5, 0.6) is 0 Å². The van der Waals surface area contributed by atoms with Crippen LogP contribution in [0.15, 0.2) is 23.7 Å². The summed E-state index contributed by atoms with van der Waals surface area (Å²) in [5.74, 6) is 0.810. The maximum absolute atomic E-state index is 11.6. The van der Waals surface area contributed by atoms with E-state index in [9.17, 15) is 4.79 Å². The van der Waals surface area contributed by atoms with Gasteiger partial charge in [0.05, 0.1) is 28.4 Å². The number of amides is 1. The summed E-state index contributed by atoms with van der Waals surface area (Å²) < 4.78 is 4.78. The standard InChI is InChI=1S/C21H24N6O2S2/c1-12-19(31-13(2)24-12)16-11-30-20(25-16)26-17-5-4-15(10-23-17)18(22)14-6-8-27(9-7-14)21(28)29-3/h4-5,10-11,14,22H,6-9H2,1-3H3,(H,23,25,26). The zero-order valence-corrected chi connectivity index (χ0v) is 19.3. The van der Waals surface area contributed by atoms with Crippen LogP contribution in [0.3, 0.4) is 0 Å². The van der Waals surface area contributed by atoms with E-state index in [0.29, 0.717) is 24.6 Å². The van der Waals surface area contributed by atoms with Crippen molar-refractivity contribution in [3.05, 3.63) is 40.0 Å². The number of aromatic nitrogens is 3. The molecule has 8 nitrogen and oxygen atoms in total. The van der Waals surface area contributed by atoms with E-state index in [1.54, 1.807) is 22.4 Å².